The van der Waals surface area contributed by atoms with Crippen LogP contribution in [0.3, 0.4) is 0 Å². The Balaban J connectivity index is 1.47. The van der Waals surface area contributed by atoms with E-state index in [9.17, 15) is 9.59 Å². The van der Waals surface area contributed by atoms with Gasteiger partial charge in [0.1, 0.15) is 26.2 Å². The predicted molar refractivity (Wildman–Crippen MR) is 116 cm³/mol. The maximum atomic E-state index is 12.9. The molecule has 3 N–H and O–H groups in total. The van der Waals surface area contributed by atoms with Gasteiger partial charge in [0.15, 0.2) is 12.6 Å². The van der Waals surface area contributed by atoms with Gasteiger partial charge >= 0.3 is 0 Å². The van der Waals surface area contributed by atoms with E-state index in [1.54, 1.807) is 17.0 Å². The predicted octanol–water partition coefficient (Wildman–Crippen LogP) is 0.113. The van der Waals surface area contributed by atoms with E-state index in [1.807, 2.05) is 56.4 Å². The summed E-state index contributed by atoms with van der Waals surface area (Å²) in [4.78, 5) is 29.4. The average Bonchev–Trinajstić information content (AvgIpc) is 2.75. The first-order valence-electron chi connectivity index (χ1n) is 10.0. The van der Waals surface area contributed by atoms with Crippen LogP contribution in [-0.2, 0) is 9.59 Å². The fraction of sp³-hybridized carbons (Fsp3) is 0.364. The lowest BCUT2D eigenvalue weighted by Gasteiger charge is -2.33. The van der Waals surface area contributed by atoms with E-state index in [-0.39, 0.29) is 17.9 Å². The van der Waals surface area contributed by atoms with Crippen molar-refractivity contribution in [2.45, 2.75) is 13.0 Å². The number of carbonyl (C=O) groups is 2. The number of halogens is 1. The van der Waals surface area contributed by atoms with Crippen LogP contribution in [0.15, 0.2) is 54.6 Å². The maximum absolute atomic E-state index is 12.9. The third-order valence-corrected chi connectivity index (χ3v) is 5.94. The van der Waals surface area contributed by atoms with Crippen molar-refractivity contribution >= 4 is 34.8 Å². The largest absolute Gasteiger partial charge is 0.320 e. The summed E-state index contributed by atoms with van der Waals surface area (Å²) >= 11 is 6.10. The van der Waals surface area contributed by atoms with Crippen molar-refractivity contribution < 1.29 is 19.4 Å². The number of hydrogen-bond acceptors (Lipinski definition) is 2. The molecule has 0 spiro atoms. The molecule has 6 nitrogen and oxygen atoms in total. The SMILES string of the molecule is C[C@@H](C(=O)N(C)c1ccccc1)[NH+]1CC[NH+](CC(=O)Nc2ccccc2Cl)CC1. The summed E-state index contributed by atoms with van der Waals surface area (Å²) in [5.74, 6) is 0.0793. The van der Waals surface area contributed by atoms with Crippen molar-refractivity contribution in [2.24, 2.45) is 0 Å². The van der Waals surface area contributed by atoms with Crippen molar-refractivity contribution in [1.82, 2.24) is 0 Å². The molecule has 0 unspecified atom stereocenters. The zero-order valence-electron chi connectivity index (χ0n) is 17.0. The van der Waals surface area contributed by atoms with Crippen molar-refractivity contribution in [1.29, 1.82) is 0 Å². The van der Waals surface area contributed by atoms with E-state index in [0.29, 0.717) is 17.3 Å². The lowest BCUT2D eigenvalue weighted by Crippen LogP contribution is -3.30. The molecule has 2 aromatic rings. The number of amides is 2. The molecule has 0 aliphatic carbocycles. The van der Waals surface area contributed by atoms with Crippen LogP contribution in [0, 0.1) is 0 Å². The number of nitrogens with zero attached hydrogens (tertiary/aromatic N) is 1. The highest BCUT2D eigenvalue weighted by Gasteiger charge is 2.33. The monoisotopic (exact) mass is 416 g/mol. The quantitative estimate of drug-likeness (QED) is 0.626. The van der Waals surface area contributed by atoms with Gasteiger partial charge in [0.25, 0.3) is 11.8 Å². The van der Waals surface area contributed by atoms with Gasteiger partial charge in [-0.3, -0.25) is 9.59 Å². The molecule has 1 atom stereocenters. The van der Waals surface area contributed by atoms with Gasteiger partial charge in [-0.05, 0) is 31.2 Å². The Bertz CT molecular complexity index is 838. The molecule has 1 aliphatic heterocycles. The number of rotatable bonds is 6. The summed E-state index contributed by atoms with van der Waals surface area (Å²) in [6, 6.07) is 16.8. The fourth-order valence-corrected chi connectivity index (χ4v) is 3.95. The third kappa shape index (κ3) is 5.56. The molecular weight excluding hydrogens is 388 g/mol. The van der Waals surface area contributed by atoms with Crippen LogP contribution in [-0.4, -0.2) is 57.6 Å². The molecule has 2 aromatic carbocycles. The molecule has 2 amide bonds. The summed E-state index contributed by atoms with van der Waals surface area (Å²) in [7, 11) is 1.83. The Morgan fingerprint density at radius 2 is 1.66 bits per heavy atom. The van der Waals surface area contributed by atoms with E-state index in [0.717, 1.165) is 31.9 Å². The molecule has 0 radical (unpaired) electrons. The zero-order chi connectivity index (χ0) is 20.8. The molecule has 1 fully saturated rings. The second kappa shape index (κ2) is 9.87. The lowest BCUT2D eigenvalue weighted by atomic mass is 10.2. The van der Waals surface area contributed by atoms with Crippen molar-refractivity contribution in [3.63, 3.8) is 0 Å². The van der Waals surface area contributed by atoms with Crippen LogP contribution in [0.1, 0.15) is 6.92 Å². The van der Waals surface area contributed by atoms with Crippen molar-refractivity contribution in [3.05, 3.63) is 59.6 Å². The summed E-state index contributed by atoms with van der Waals surface area (Å²) in [6.45, 7) is 5.85. The van der Waals surface area contributed by atoms with Crippen LogP contribution >= 0.6 is 11.6 Å². The molecule has 7 heteroatoms. The van der Waals surface area contributed by atoms with Crippen LogP contribution in [0.4, 0.5) is 11.4 Å². The lowest BCUT2D eigenvalue weighted by molar-refractivity contribution is -1.01. The van der Waals surface area contributed by atoms with E-state index >= 15 is 0 Å². The molecule has 29 heavy (non-hydrogen) atoms. The Kier molecular flexibility index (Phi) is 7.25. The Labute approximate surface area is 177 Å². The normalized spacial score (nSPS) is 20.0. The van der Waals surface area contributed by atoms with Gasteiger partial charge in [0.2, 0.25) is 0 Å². The van der Waals surface area contributed by atoms with Crippen molar-refractivity contribution in [2.75, 3.05) is 50.0 Å². The number of likely N-dealkylation sites (N-methyl/N-ethyl adjacent to an activating group) is 1. The molecule has 0 aromatic heterocycles. The first-order chi connectivity index (χ1) is 14.0. The summed E-state index contributed by atoms with van der Waals surface area (Å²) in [5.41, 5.74) is 1.55. The third-order valence-electron chi connectivity index (χ3n) is 5.61. The fourth-order valence-electron chi connectivity index (χ4n) is 3.76. The minimum absolute atomic E-state index is 0.0375. The minimum Gasteiger partial charge on any atom is -0.320 e. The Morgan fingerprint density at radius 3 is 2.31 bits per heavy atom. The number of nitrogens with one attached hydrogen (secondary N) is 3. The smallest absolute Gasteiger partial charge is 0.284 e. The number of carbonyl (C=O) groups excluding carboxylic acids is 2. The van der Waals surface area contributed by atoms with E-state index in [1.165, 1.54) is 9.80 Å². The Morgan fingerprint density at radius 1 is 1.03 bits per heavy atom. The number of hydrogen-bond donors (Lipinski definition) is 3. The number of quaternary nitrogens is 2. The summed E-state index contributed by atoms with van der Waals surface area (Å²) in [5, 5.41) is 3.43. The first kappa shape index (κ1) is 21.3. The highest BCUT2D eigenvalue weighted by molar-refractivity contribution is 6.33. The number of benzene rings is 2. The minimum atomic E-state index is -0.112. The summed E-state index contributed by atoms with van der Waals surface area (Å²) in [6.07, 6.45) is 0. The molecule has 1 saturated heterocycles. The number of anilines is 2. The van der Waals surface area contributed by atoms with Crippen LogP contribution in [0.5, 0.6) is 0 Å². The van der Waals surface area contributed by atoms with Gasteiger partial charge in [-0.2, -0.15) is 0 Å². The molecule has 1 heterocycles. The number of piperazine rings is 1. The maximum Gasteiger partial charge on any atom is 0.284 e. The van der Waals surface area contributed by atoms with Crippen LogP contribution < -0.4 is 20.0 Å². The van der Waals surface area contributed by atoms with Crippen LogP contribution in [0.2, 0.25) is 5.02 Å². The number of para-hydroxylation sites is 2. The molecule has 0 saturated carbocycles. The zero-order valence-corrected chi connectivity index (χ0v) is 17.7. The van der Waals surface area contributed by atoms with Crippen molar-refractivity contribution in [3.8, 4) is 0 Å². The second-order valence-corrected chi connectivity index (χ2v) is 7.97. The standard InChI is InChI=1S/C22H27ClN4O2/c1-17(22(29)25(2)18-8-4-3-5-9-18)27-14-12-26(13-15-27)16-21(28)24-20-11-7-6-10-19(20)23/h3-11,17H,12-16H2,1-2H3,(H,24,28)/p+2/t17-/m0/s1. The van der Waals surface area contributed by atoms with Gasteiger partial charge in [-0.25, -0.2) is 0 Å². The molecule has 1 aliphatic rings. The molecule has 3 rings (SSSR count). The Hall–Kier alpha value is -2.41. The second-order valence-electron chi connectivity index (χ2n) is 7.57. The van der Waals surface area contributed by atoms with E-state index in [4.69, 9.17) is 11.6 Å². The van der Waals surface area contributed by atoms with Gasteiger partial charge in [0.05, 0.1) is 10.7 Å². The van der Waals surface area contributed by atoms with Gasteiger partial charge in [0, 0.05) is 12.7 Å². The topological polar surface area (TPSA) is 58.3 Å². The summed E-state index contributed by atoms with van der Waals surface area (Å²) < 4.78 is 0. The molecule has 0 bridgehead atoms. The highest BCUT2D eigenvalue weighted by atomic mass is 35.5. The average molecular weight is 417 g/mol. The highest BCUT2D eigenvalue weighted by Crippen LogP contribution is 2.19. The molecule has 154 valence electrons. The molecular formula is C22H29ClN4O2+2. The van der Waals surface area contributed by atoms with E-state index in [2.05, 4.69) is 5.32 Å². The van der Waals surface area contributed by atoms with Gasteiger partial charge in [-0.15, -0.1) is 0 Å². The van der Waals surface area contributed by atoms with Crippen LogP contribution in [0.25, 0.3) is 0 Å². The van der Waals surface area contributed by atoms with Gasteiger partial charge < -0.3 is 20.0 Å². The van der Waals surface area contributed by atoms with Gasteiger partial charge in [-0.1, -0.05) is 41.9 Å². The van der Waals surface area contributed by atoms with E-state index < -0.39 is 0 Å². The first-order valence-corrected chi connectivity index (χ1v) is 10.4.